The average Bonchev–Trinajstić information content (AvgIpc) is 2.10. The molecule has 0 aliphatic rings. The van der Waals surface area contributed by atoms with Crippen LogP contribution in [0.1, 0.15) is 16.7 Å². The monoisotopic (exact) mass is 193 g/mol. The molecule has 0 heterocycles. The van der Waals surface area contributed by atoms with Crippen molar-refractivity contribution in [3.05, 3.63) is 28.8 Å². The van der Waals surface area contributed by atoms with Crippen molar-refractivity contribution in [3.63, 3.8) is 0 Å². The van der Waals surface area contributed by atoms with Crippen molar-refractivity contribution >= 4 is 6.29 Å². The Morgan fingerprint density at radius 1 is 1.43 bits per heavy atom. The van der Waals surface area contributed by atoms with Gasteiger partial charge in [-0.15, -0.1) is 0 Å². The summed E-state index contributed by atoms with van der Waals surface area (Å²) in [6, 6.07) is 2.90. The van der Waals surface area contributed by atoms with E-state index in [0.29, 0.717) is 6.42 Å². The lowest BCUT2D eigenvalue weighted by Gasteiger charge is -2.11. The average molecular weight is 193 g/mol. The summed E-state index contributed by atoms with van der Waals surface area (Å²) >= 11 is 0. The van der Waals surface area contributed by atoms with Gasteiger partial charge >= 0.3 is 0 Å². The minimum Gasteiger partial charge on any atom is -0.508 e. The number of hydrogen-bond donors (Lipinski definition) is 2. The molecule has 0 saturated heterocycles. The quantitative estimate of drug-likeness (QED) is 0.706. The van der Waals surface area contributed by atoms with Gasteiger partial charge in [0.25, 0.3) is 0 Å². The molecular formula is C11H15NO2. The van der Waals surface area contributed by atoms with Crippen molar-refractivity contribution in [1.29, 1.82) is 0 Å². The van der Waals surface area contributed by atoms with Crippen molar-refractivity contribution < 1.29 is 9.90 Å². The summed E-state index contributed by atoms with van der Waals surface area (Å²) < 4.78 is 0. The van der Waals surface area contributed by atoms with Gasteiger partial charge in [0.15, 0.2) is 0 Å². The zero-order chi connectivity index (χ0) is 10.7. The Bertz CT molecular complexity index is 324. The third-order valence-electron chi connectivity index (χ3n) is 2.30. The number of nitrogens with two attached hydrogens (primary N) is 1. The molecule has 3 N–H and O–H groups in total. The van der Waals surface area contributed by atoms with Gasteiger partial charge in [-0.2, -0.15) is 0 Å². The van der Waals surface area contributed by atoms with Crippen molar-refractivity contribution in [2.45, 2.75) is 26.3 Å². The van der Waals surface area contributed by atoms with Crippen LogP contribution >= 0.6 is 0 Å². The van der Waals surface area contributed by atoms with Gasteiger partial charge in [0.05, 0.1) is 6.04 Å². The van der Waals surface area contributed by atoms with E-state index in [9.17, 15) is 9.90 Å². The second-order valence-corrected chi connectivity index (χ2v) is 3.56. The highest BCUT2D eigenvalue weighted by atomic mass is 16.3. The van der Waals surface area contributed by atoms with E-state index < -0.39 is 6.04 Å². The Kier molecular flexibility index (Phi) is 3.25. The van der Waals surface area contributed by atoms with Crippen LogP contribution in [0.3, 0.4) is 0 Å². The molecule has 0 aliphatic heterocycles. The number of carbonyl (C=O) groups is 1. The van der Waals surface area contributed by atoms with Gasteiger partial charge in [-0.05, 0) is 49.1 Å². The molecule has 14 heavy (non-hydrogen) atoms. The van der Waals surface area contributed by atoms with Gasteiger partial charge in [0.1, 0.15) is 12.0 Å². The second-order valence-electron chi connectivity index (χ2n) is 3.56. The molecule has 3 heteroatoms. The highest BCUT2D eigenvalue weighted by molar-refractivity contribution is 5.58. The van der Waals surface area contributed by atoms with Gasteiger partial charge in [-0.25, -0.2) is 0 Å². The number of aldehydes is 1. The molecule has 1 aromatic rings. The van der Waals surface area contributed by atoms with Gasteiger partial charge in [-0.1, -0.05) is 0 Å². The van der Waals surface area contributed by atoms with Crippen LogP contribution in [-0.4, -0.2) is 17.4 Å². The fourth-order valence-electron chi connectivity index (χ4n) is 1.58. The minimum absolute atomic E-state index is 0.253. The second kappa shape index (κ2) is 4.24. The lowest BCUT2D eigenvalue weighted by Crippen LogP contribution is -2.24. The molecule has 1 atom stereocenters. The van der Waals surface area contributed by atoms with E-state index in [4.69, 9.17) is 5.73 Å². The van der Waals surface area contributed by atoms with Crippen LogP contribution in [0.5, 0.6) is 5.75 Å². The maximum absolute atomic E-state index is 10.4. The minimum atomic E-state index is -0.461. The molecule has 0 radical (unpaired) electrons. The Balaban J connectivity index is 3.02. The number of hydrogen-bond acceptors (Lipinski definition) is 3. The fraction of sp³-hybridized carbons (Fsp3) is 0.364. The first-order valence-electron chi connectivity index (χ1n) is 4.54. The van der Waals surface area contributed by atoms with E-state index in [2.05, 4.69) is 0 Å². The number of phenols is 1. The van der Waals surface area contributed by atoms with Crippen LogP contribution in [0.15, 0.2) is 12.1 Å². The van der Waals surface area contributed by atoms with Gasteiger partial charge in [-0.3, -0.25) is 0 Å². The molecule has 1 aromatic carbocycles. The Hall–Kier alpha value is -1.35. The maximum atomic E-state index is 10.4. The lowest BCUT2D eigenvalue weighted by atomic mass is 9.97. The first-order chi connectivity index (χ1) is 6.54. The molecule has 0 aromatic heterocycles. The number of phenolic OH excluding ortho intramolecular Hbond substituents is 1. The molecule has 0 aliphatic carbocycles. The topological polar surface area (TPSA) is 63.3 Å². The summed E-state index contributed by atoms with van der Waals surface area (Å²) in [5, 5.41) is 9.31. The van der Waals surface area contributed by atoms with E-state index in [1.807, 2.05) is 13.8 Å². The van der Waals surface area contributed by atoms with Crippen LogP contribution < -0.4 is 5.73 Å². The Morgan fingerprint density at radius 2 is 1.93 bits per heavy atom. The normalized spacial score (nSPS) is 12.5. The molecule has 0 amide bonds. The van der Waals surface area contributed by atoms with Crippen LogP contribution in [-0.2, 0) is 11.2 Å². The maximum Gasteiger partial charge on any atom is 0.137 e. The molecule has 0 spiro atoms. The van der Waals surface area contributed by atoms with Crippen LogP contribution in [0.2, 0.25) is 0 Å². The fourth-order valence-corrected chi connectivity index (χ4v) is 1.58. The number of benzene rings is 1. The number of carbonyl (C=O) groups excluding carboxylic acids is 1. The molecule has 0 saturated carbocycles. The van der Waals surface area contributed by atoms with E-state index in [1.54, 1.807) is 12.1 Å². The summed E-state index contributed by atoms with van der Waals surface area (Å²) in [4.78, 5) is 10.4. The SMILES string of the molecule is Cc1cc(O)cc(C)c1CC(N)C=O. The van der Waals surface area contributed by atoms with Gasteiger partial charge < -0.3 is 15.6 Å². The third kappa shape index (κ3) is 2.33. The third-order valence-corrected chi connectivity index (χ3v) is 2.30. The van der Waals surface area contributed by atoms with E-state index in [0.717, 1.165) is 23.0 Å². The number of aromatic hydroxyl groups is 1. The molecular weight excluding hydrogens is 178 g/mol. The van der Waals surface area contributed by atoms with Crippen LogP contribution in [0.25, 0.3) is 0 Å². The zero-order valence-electron chi connectivity index (χ0n) is 8.45. The van der Waals surface area contributed by atoms with Crippen LogP contribution in [0.4, 0.5) is 0 Å². The van der Waals surface area contributed by atoms with E-state index in [-0.39, 0.29) is 5.75 Å². The van der Waals surface area contributed by atoms with Crippen molar-refractivity contribution in [2.24, 2.45) is 5.73 Å². The molecule has 3 nitrogen and oxygen atoms in total. The summed E-state index contributed by atoms with van der Waals surface area (Å²) in [6.45, 7) is 3.80. The predicted molar refractivity (Wildman–Crippen MR) is 55.3 cm³/mol. The van der Waals surface area contributed by atoms with Gasteiger partial charge in [0, 0.05) is 0 Å². The first kappa shape index (κ1) is 10.7. The van der Waals surface area contributed by atoms with Crippen molar-refractivity contribution in [2.75, 3.05) is 0 Å². The smallest absolute Gasteiger partial charge is 0.137 e. The summed E-state index contributed by atoms with van der Waals surface area (Å²) in [6.07, 6.45) is 1.27. The largest absolute Gasteiger partial charge is 0.508 e. The van der Waals surface area contributed by atoms with Crippen molar-refractivity contribution in [1.82, 2.24) is 0 Å². The lowest BCUT2D eigenvalue weighted by molar-refractivity contribution is -0.108. The number of rotatable bonds is 3. The van der Waals surface area contributed by atoms with Crippen molar-refractivity contribution in [3.8, 4) is 5.75 Å². The standard InChI is InChI=1S/C11H15NO2/c1-7-3-10(14)4-8(2)11(7)5-9(12)6-13/h3-4,6,9,14H,5,12H2,1-2H3. The van der Waals surface area contributed by atoms with E-state index in [1.165, 1.54) is 0 Å². The Morgan fingerprint density at radius 3 is 2.36 bits per heavy atom. The van der Waals surface area contributed by atoms with Crippen LogP contribution in [0, 0.1) is 13.8 Å². The first-order valence-corrected chi connectivity index (χ1v) is 4.54. The Labute approximate surface area is 83.6 Å². The highest BCUT2D eigenvalue weighted by Crippen LogP contribution is 2.21. The predicted octanol–water partition coefficient (Wildman–Crippen LogP) is 1.08. The molecule has 0 fully saturated rings. The summed E-state index contributed by atoms with van der Waals surface area (Å²) in [7, 11) is 0. The molecule has 1 unspecified atom stereocenters. The summed E-state index contributed by atoms with van der Waals surface area (Å²) in [5.74, 6) is 0.253. The zero-order valence-corrected chi connectivity index (χ0v) is 8.45. The van der Waals surface area contributed by atoms with Gasteiger partial charge in [0.2, 0.25) is 0 Å². The molecule has 0 bridgehead atoms. The number of aryl methyl sites for hydroxylation is 2. The molecule has 1 rings (SSSR count). The molecule has 76 valence electrons. The van der Waals surface area contributed by atoms with E-state index >= 15 is 0 Å². The highest BCUT2D eigenvalue weighted by Gasteiger charge is 2.08. The summed E-state index contributed by atoms with van der Waals surface area (Å²) in [5.41, 5.74) is 8.54.